The summed E-state index contributed by atoms with van der Waals surface area (Å²) < 4.78 is 5.53. The molecule has 2 aromatic rings. The van der Waals surface area contributed by atoms with Gasteiger partial charge in [0.05, 0.1) is 24.4 Å². The van der Waals surface area contributed by atoms with Crippen LogP contribution in [0.4, 0.5) is 17.7 Å². The molecule has 0 unspecified atom stereocenters. The van der Waals surface area contributed by atoms with Gasteiger partial charge in [-0.15, -0.1) is 0 Å². The van der Waals surface area contributed by atoms with E-state index in [1.807, 2.05) is 0 Å². The number of likely N-dealkylation sites (tertiary alicyclic amines) is 1. The number of primary amides is 1. The molecule has 192 valence electrons. The van der Waals surface area contributed by atoms with Crippen molar-refractivity contribution in [3.8, 4) is 11.3 Å². The van der Waals surface area contributed by atoms with E-state index in [0.29, 0.717) is 45.3 Å². The van der Waals surface area contributed by atoms with Crippen LogP contribution in [0.2, 0.25) is 0 Å². The first-order valence-electron chi connectivity index (χ1n) is 12.3. The van der Waals surface area contributed by atoms with Crippen LogP contribution in [0.1, 0.15) is 32.8 Å². The van der Waals surface area contributed by atoms with Gasteiger partial charge in [0, 0.05) is 56.2 Å². The van der Waals surface area contributed by atoms with Crippen molar-refractivity contribution < 1.29 is 14.3 Å². The van der Waals surface area contributed by atoms with E-state index in [0.717, 1.165) is 42.0 Å². The number of nitrogens with zero attached hydrogens (tertiary/aromatic N) is 7. The van der Waals surface area contributed by atoms with Crippen LogP contribution < -0.4 is 21.3 Å². The van der Waals surface area contributed by atoms with Crippen LogP contribution in [0.3, 0.4) is 0 Å². The predicted molar refractivity (Wildman–Crippen MR) is 134 cm³/mol. The topological polar surface area (TPSA) is 157 Å². The lowest BCUT2D eigenvalue weighted by Crippen LogP contribution is -2.52. The molecule has 2 saturated heterocycles. The monoisotopic (exact) mass is 495 g/mol. The van der Waals surface area contributed by atoms with Crippen molar-refractivity contribution in [1.29, 1.82) is 0 Å². The number of nitrogen functional groups attached to an aromatic ring is 1. The highest BCUT2D eigenvalue weighted by atomic mass is 16.5. The molecule has 12 heteroatoms. The van der Waals surface area contributed by atoms with Gasteiger partial charge in [0.15, 0.2) is 0 Å². The molecule has 0 aliphatic carbocycles. The van der Waals surface area contributed by atoms with Crippen molar-refractivity contribution in [3.05, 3.63) is 18.0 Å². The third-order valence-corrected chi connectivity index (χ3v) is 7.60. The average molecular weight is 496 g/mol. The highest BCUT2D eigenvalue weighted by Gasteiger charge is 2.48. The van der Waals surface area contributed by atoms with Gasteiger partial charge in [-0.2, -0.15) is 4.98 Å². The SMILES string of the molecule is CC(C)(C(N)=O)C(=O)N1CC[C@](C)(N2CCc3c(-c4cnc(N)nc4)nc(N4CCOCC4)nc32)C1. The molecule has 1 atom stereocenters. The summed E-state index contributed by atoms with van der Waals surface area (Å²) in [5.41, 5.74) is 12.3. The van der Waals surface area contributed by atoms with Crippen molar-refractivity contribution in [2.24, 2.45) is 11.1 Å². The average Bonchev–Trinajstić information content (AvgIpc) is 3.48. The molecule has 0 spiro atoms. The smallest absolute Gasteiger partial charge is 0.237 e. The highest BCUT2D eigenvalue weighted by Crippen LogP contribution is 2.42. The minimum absolute atomic E-state index is 0.210. The Morgan fingerprint density at radius 1 is 1.08 bits per heavy atom. The number of anilines is 3. The Balaban J connectivity index is 1.51. The maximum absolute atomic E-state index is 13.1. The predicted octanol–water partition coefficient (Wildman–Crippen LogP) is 0.217. The Morgan fingerprint density at radius 3 is 2.44 bits per heavy atom. The summed E-state index contributed by atoms with van der Waals surface area (Å²) in [6.07, 6.45) is 4.90. The summed E-state index contributed by atoms with van der Waals surface area (Å²) in [6, 6.07) is 0. The summed E-state index contributed by atoms with van der Waals surface area (Å²) in [7, 11) is 0. The van der Waals surface area contributed by atoms with E-state index in [2.05, 4.69) is 26.7 Å². The van der Waals surface area contributed by atoms with Gasteiger partial charge >= 0.3 is 0 Å². The normalized spacial score (nSPS) is 22.1. The van der Waals surface area contributed by atoms with Gasteiger partial charge in [-0.05, 0) is 33.6 Å². The Morgan fingerprint density at radius 2 is 1.78 bits per heavy atom. The lowest BCUT2D eigenvalue weighted by atomic mass is 9.91. The molecule has 0 bridgehead atoms. The summed E-state index contributed by atoms with van der Waals surface area (Å²) in [5.74, 6) is 0.853. The van der Waals surface area contributed by atoms with Gasteiger partial charge in [0.2, 0.25) is 23.7 Å². The largest absolute Gasteiger partial charge is 0.378 e. The van der Waals surface area contributed by atoms with Gasteiger partial charge < -0.3 is 30.9 Å². The summed E-state index contributed by atoms with van der Waals surface area (Å²) in [6.45, 7) is 9.76. The fourth-order valence-corrected chi connectivity index (χ4v) is 5.21. The molecule has 3 aliphatic rings. The second-order valence-electron chi connectivity index (χ2n) is 10.5. The first kappa shape index (κ1) is 24.2. The highest BCUT2D eigenvalue weighted by molar-refractivity contribution is 6.03. The van der Waals surface area contributed by atoms with E-state index in [4.69, 9.17) is 26.2 Å². The second kappa shape index (κ2) is 8.84. The van der Waals surface area contributed by atoms with E-state index >= 15 is 0 Å². The summed E-state index contributed by atoms with van der Waals surface area (Å²) >= 11 is 0. The number of carbonyl (C=O) groups excluding carboxylic acids is 2. The number of hydrogen-bond acceptors (Lipinski definition) is 10. The van der Waals surface area contributed by atoms with E-state index in [9.17, 15) is 9.59 Å². The van der Waals surface area contributed by atoms with Crippen LogP contribution in [-0.2, 0) is 20.7 Å². The molecule has 2 aromatic heterocycles. The first-order valence-corrected chi connectivity index (χ1v) is 12.3. The van der Waals surface area contributed by atoms with Crippen LogP contribution in [0, 0.1) is 5.41 Å². The zero-order valence-corrected chi connectivity index (χ0v) is 21.0. The lowest BCUT2D eigenvalue weighted by molar-refractivity contribution is -0.146. The van der Waals surface area contributed by atoms with Crippen LogP contribution in [-0.4, -0.2) is 88.1 Å². The van der Waals surface area contributed by atoms with Crippen LogP contribution >= 0.6 is 0 Å². The Bertz CT molecular complexity index is 1180. The number of rotatable bonds is 5. The van der Waals surface area contributed by atoms with Crippen molar-refractivity contribution in [2.45, 2.75) is 39.2 Å². The van der Waals surface area contributed by atoms with Gasteiger partial charge in [0.25, 0.3) is 0 Å². The molecule has 2 fully saturated rings. The number of aromatic nitrogens is 4. The molecular weight excluding hydrogens is 462 g/mol. The summed E-state index contributed by atoms with van der Waals surface area (Å²) in [5, 5.41) is 0. The Kier molecular flexibility index (Phi) is 5.93. The standard InChI is InChI=1S/C24H33N9O3/c1-23(2,19(25)34)20(35)32-7-5-24(3,14-32)33-6-4-16-17(15-12-27-21(26)28-13-15)29-22(30-18(16)33)31-8-10-36-11-9-31/h12-13H,4-11,14H2,1-3H3,(H2,25,34)(H2,26,27,28)/t24-/m0/s1. The number of nitrogens with two attached hydrogens (primary N) is 2. The molecule has 36 heavy (non-hydrogen) atoms. The van der Waals surface area contributed by atoms with Crippen LogP contribution in [0.15, 0.2) is 12.4 Å². The molecule has 5 rings (SSSR count). The fraction of sp³-hybridized carbons (Fsp3) is 0.583. The molecule has 3 aliphatic heterocycles. The van der Waals surface area contributed by atoms with E-state index in [-0.39, 0.29) is 17.4 Å². The van der Waals surface area contributed by atoms with Gasteiger partial charge in [-0.1, -0.05) is 0 Å². The van der Waals surface area contributed by atoms with Gasteiger partial charge in [0.1, 0.15) is 11.2 Å². The Hall–Kier alpha value is -3.54. The summed E-state index contributed by atoms with van der Waals surface area (Å²) in [4.78, 5) is 49.5. The number of carbonyl (C=O) groups is 2. The number of morpholine rings is 1. The third-order valence-electron chi connectivity index (χ3n) is 7.60. The minimum Gasteiger partial charge on any atom is -0.378 e. The molecule has 12 nitrogen and oxygen atoms in total. The number of hydrogen-bond donors (Lipinski definition) is 2. The van der Waals surface area contributed by atoms with Crippen molar-refractivity contribution in [2.75, 3.05) is 61.5 Å². The number of ether oxygens (including phenoxy) is 1. The number of fused-ring (bicyclic) bond motifs is 1. The van der Waals surface area contributed by atoms with Crippen LogP contribution in [0.5, 0.6) is 0 Å². The Labute approximate surface area is 210 Å². The van der Waals surface area contributed by atoms with E-state index in [1.165, 1.54) is 0 Å². The van der Waals surface area contributed by atoms with E-state index in [1.54, 1.807) is 31.1 Å². The second-order valence-corrected chi connectivity index (χ2v) is 10.5. The molecule has 0 aromatic carbocycles. The molecule has 0 radical (unpaired) electrons. The van der Waals surface area contributed by atoms with Gasteiger partial charge in [-0.25, -0.2) is 15.0 Å². The van der Waals surface area contributed by atoms with Crippen molar-refractivity contribution in [3.63, 3.8) is 0 Å². The lowest BCUT2D eigenvalue weighted by Gasteiger charge is -2.38. The molecule has 5 heterocycles. The molecule has 0 saturated carbocycles. The first-order chi connectivity index (χ1) is 17.1. The van der Waals surface area contributed by atoms with Gasteiger partial charge in [-0.3, -0.25) is 9.59 Å². The third kappa shape index (κ3) is 4.08. The van der Waals surface area contributed by atoms with E-state index < -0.39 is 11.3 Å². The van der Waals surface area contributed by atoms with Crippen molar-refractivity contribution >= 4 is 29.5 Å². The quantitative estimate of drug-likeness (QED) is 0.550. The molecule has 2 amide bonds. The van der Waals surface area contributed by atoms with Crippen molar-refractivity contribution in [1.82, 2.24) is 24.8 Å². The zero-order valence-electron chi connectivity index (χ0n) is 21.0. The molecule has 4 N–H and O–H groups in total. The fourth-order valence-electron chi connectivity index (χ4n) is 5.21. The molecular formula is C24H33N9O3. The maximum Gasteiger partial charge on any atom is 0.237 e. The van der Waals surface area contributed by atoms with Crippen LogP contribution in [0.25, 0.3) is 11.3 Å². The number of amides is 2. The minimum atomic E-state index is -1.25. The zero-order chi connectivity index (χ0) is 25.7. The maximum atomic E-state index is 13.1.